The fourth-order valence-corrected chi connectivity index (χ4v) is 7.07. The smallest absolute Gasteiger partial charge is 0.238 e. The van der Waals surface area contributed by atoms with E-state index in [4.69, 9.17) is 0 Å². The summed E-state index contributed by atoms with van der Waals surface area (Å²) in [4.78, 5) is 17.7. The molecule has 1 N–H and O–H groups in total. The van der Waals surface area contributed by atoms with Crippen LogP contribution in [-0.4, -0.2) is 54.5 Å². The van der Waals surface area contributed by atoms with Gasteiger partial charge in [-0.3, -0.25) is 14.6 Å². The van der Waals surface area contributed by atoms with Crippen LogP contribution < -0.4 is 5.32 Å². The van der Waals surface area contributed by atoms with Crippen LogP contribution in [-0.2, 0) is 4.79 Å². The molecule has 0 unspecified atom stereocenters. The highest BCUT2D eigenvalue weighted by Gasteiger charge is 2.50. The molecule has 0 radical (unpaired) electrons. The molecule has 4 saturated carbocycles. The Morgan fingerprint density at radius 2 is 1.52 bits per heavy atom. The lowest BCUT2D eigenvalue weighted by molar-refractivity contribution is -0.118. The predicted molar refractivity (Wildman–Crippen MR) is 118 cm³/mol. The second-order valence-electron chi connectivity index (χ2n) is 10.6. The van der Waals surface area contributed by atoms with Crippen molar-refractivity contribution in [2.75, 3.05) is 38.0 Å². The molecule has 4 aliphatic carbocycles. The topological polar surface area (TPSA) is 35.6 Å². The van der Waals surface area contributed by atoms with E-state index >= 15 is 0 Å². The number of hydrogen-bond acceptors (Lipinski definition) is 3. The number of hydrogen-bond donors (Lipinski definition) is 1. The molecule has 1 amide bonds. The number of piperazine rings is 1. The summed E-state index contributed by atoms with van der Waals surface area (Å²) in [6.07, 6.45) is 7.51. The number of carbonyl (C=O) groups is 1. The van der Waals surface area contributed by atoms with Crippen molar-refractivity contribution in [2.45, 2.75) is 57.9 Å². The third-order valence-corrected chi connectivity index (χ3v) is 8.23. The highest BCUT2D eigenvalue weighted by Crippen LogP contribution is 2.55. The van der Waals surface area contributed by atoms with Crippen molar-refractivity contribution in [1.82, 2.24) is 9.80 Å². The average molecular weight is 396 g/mol. The van der Waals surface area contributed by atoms with Gasteiger partial charge in [-0.05, 0) is 79.4 Å². The maximum absolute atomic E-state index is 12.5. The summed E-state index contributed by atoms with van der Waals surface area (Å²) in [7, 11) is 0. The molecule has 1 aromatic rings. The van der Waals surface area contributed by atoms with E-state index in [-0.39, 0.29) is 5.91 Å². The highest BCUT2D eigenvalue weighted by molar-refractivity contribution is 5.92. The van der Waals surface area contributed by atoms with Crippen molar-refractivity contribution in [1.29, 1.82) is 0 Å². The van der Waals surface area contributed by atoms with Crippen LogP contribution in [0.5, 0.6) is 0 Å². The summed E-state index contributed by atoms with van der Waals surface area (Å²) in [5.41, 5.74) is 2.22. The fraction of sp³-hybridized carbons (Fsp3) is 0.720. The van der Waals surface area contributed by atoms with Gasteiger partial charge in [-0.25, -0.2) is 0 Å². The molecule has 5 aliphatic rings. The Morgan fingerprint density at radius 3 is 2.07 bits per heavy atom. The number of nitrogens with one attached hydrogen (secondary N) is 1. The minimum Gasteiger partial charge on any atom is -0.325 e. The van der Waals surface area contributed by atoms with Crippen LogP contribution in [0.3, 0.4) is 0 Å². The Labute approximate surface area is 176 Å². The molecule has 6 rings (SSSR count). The third kappa shape index (κ3) is 4.11. The second-order valence-corrected chi connectivity index (χ2v) is 10.6. The standard InChI is InChI=1S/C25H37N3O/c1-17(2)20-3-5-23(6-4-20)26-24(29)16-27-7-9-28(10-8-27)25-21-12-18-11-19(14-21)15-22(25)13-18/h3-6,17-19,21-22,25H,7-16H2,1-2H3,(H,26,29). The Hall–Kier alpha value is -1.39. The lowest BCUT2D eigenvalue weighted by Gasteiger charge is -2.58. The van der Waals surface area contributed by atoms with Crippen LogP contribution in [0.2, 0.25) is 0 Å². The largest absolute Gasteiger partial charge is 0.325 e. The van der Waals surface area contributed by atoms with Gasteiger partial charge in [-0.15, -0.1) is 0 Å². The molecule has 0 spiro atoms. The van der Waals surface area contributed by atoms with Crippen molar-refractivity contribution >= 4 is 11.6 Å². The Bertz CT molecular complexity index is 692. The zero-order valence-corrected chi connectivity index (χ0v) is 18.1. The number of carbonyl (C=O) groups excluding carboxylic acids is 1. The van der Waals surface area contributed by atoms with Gasteiger partial charge in [0, 0.05) is 37.9 Å². The summed E-state index contributed by atoms with van der Waals surface area (Å²) in [6.45, 7) is 9.24. The van der Waals surface area contributed by atoms with Gasteiger partial charge in [0.2, 0.25) is 5.91 Å². The summed E-state index contributed by atoms with van der Waals surface area (Å²) >= 11 is 0. The SMILES string of the molecule is CC(C)c1ccc(NC(=O)CN2CCN(C3C4CC5CC(C4)CC3C5)CC2)cc1. The molecule has 1 saturated heterocycles. The molecule has 0 aromatic heterocycles. The van der Waals surface area contributed by atoms with Crippen molar-refractivity contribution in [3.63, 3.8) is 0 Å². The van der Waals surface area contributed by atoms with Crippen LogP contribution in [0, 0.1) is 23.7 Å². The first-order valence-corrected chi connectivity index (χ1v) is 11.9. The van der Waals surface area contributed by atoms with E-state index < -0.39 is 0 Å². The number of benzene rings is 1. The van der Waals surface area contributed by atoms with Gasteiger partial charge in [-0.1, -0.05) is 26.0 Å². The summed E-state index contributed by atoms with van der Waals surface area (Å²) in [6, 6.07) is 9.13. The van der Waals surface area contributed by atoms with Crippen LogP contribution in [0.1, 0.15) is 57.4 Å². The molecule has 5 fully saturated rings. The van der Waals surface area contributed by atoms with Gasteiger partial charge in [0.1, 0.15) is 0 Å². The molecule has 29 heavy (non-hydrogen) atoms. The van der Waals surface area contributed by atoms with Crippen molar-refractivity contribution in [3.8, 4) is 0 Å². The fourth-order valence-electron chi connectivity index (χ4n) is 7.07. The maximum atomic E-state index is 12.5. The lowest BCUT2D eigenvalue weighted by atomic mass is 9.54. The Morgan fingerprint density at radius 1 is 0.931 bits per heavy atom. The minimum absolute atomic E-state index is 0.116. The monoisotopic (exact) mass is 395 g/mol. The van der Waals surface area contributed by atoms with Crippen LogP contribution in [0.15, 0.2) is 24.3 Å². The van der Waals surface area contributed by atoms with E-state index in [0.717, 1.165) is 61.6 Å². The zero-order chi connectivity index (χ0) is 20.0. The van der Waals surface area contributed by atoms with Gasteiger partial charge >= 0.3 is 0 Å². The first-order valence-electron chi connectivity index (χ1n) is 11.9. The van der Waals surface area contributed by atoms with E-state index in [1.165, 1.54) is 37.7 Å². The van der Waals surface area contributed by atoms with E-state index in [2.05, 4.69) is 41.1 Å². The molecule has 1 aromatic carbocycles. The molecule has 1 aliphatic heterocycles. The summed E-state index contributed by atoms with van der Waals surface area (Å²) < 4.78 is 0. The molecule has 1 heterocycles. The van der Waals surface area contributed by atoms with Crippen molar-refractivity contribution in [2.24, 2.45) is 23.7 Å². The molecular weight excluding hydrogens is 358 g/mol. The normalized spacial score (nSPS) is 34.7. The Balaban J connectivity index is 1.10. The molecule has 0 atom stereocenters. The van der Waals surface area contributed by atoms with Crippen LogP contribution >= 0.6 is 0 Å². The highest BCUT2D eigenvalue weighted by atomic mass is 16.2. The molecule has 158 valence electrons. The van der Waals surface area contributed by atoms with Crippen molar-refractivity contribution < 1.29 is 4.79 Å². The first-order chi connectivity index (χ1) is 14.0. The van der Waals surface area contributed by atoms with Gasteiger partial charge in [0.25, 0.3) is 0 Å². The van der Waals surface area contributed by atoms with Gasteiger partial charge in [0.15, 0.2) is 0 Å². The van der Waals surface area contributed by atoms with E-state index in [1.54, 1.807) is 0 Å². The first kappa shape index (κ1) is 19.6. The van der Waals surface area contributed by atoms with E-state index in [1.807, 2.05) is 12.1 Å². The minimum atomic E-state index is 0.116. The maximum Gasteiger partial charge on any atom is 0.238 e. The van der Waals surface area contributed by atoms with Gasteiger partial charge in [-0.2, -0.15) is 0 Å². The molecule has 4 nitrogen and oxygen atoms in total. The average Bonchev–Trinajstić information content (AvgIpc) is 2.69. The van der Waals surface area contributed by atoms with Crippen LogP contribution in [0.25, 0.3) is 0 Å². The van der Waals surface area contributed by atoms with Gasteiger partial charge in [0.05, 0.1) is 6.54 Å². The second kappa shape index (κ2) is 8.03. The lowest BCUT2D eigenvalue weighted by Crippen LogP contribution is -2.60. The zero-order valence-electron chi connectivity index (χ0n) is 18.1. The summed E-state index contributed by atoms with van der Waals surface area (Å²) in [5, 5.41) is 3.08. The summed E-state index contributed by atoms with van der Waals surface area (Å²) in [5.74, 6) is 4.67. The number of nitrogens with zero attached hydrogens (tertiary/aromatic N) is 2. The quantitative estimate of drug-likeness (QED) is 0.812. The van der Waals surface area contributed by atoms with E-state index in [0.29, 0.717) is 12.5 Å². The van der Waals surface area contributed by atoms with E-state index in [9.17, 15) is 4.79 Å². The van der Waals surface area contributed by atoms with Gasteiger partial charge < -0.3 is 5.32 Å². The molecule has 4 bridgehead atoms. The predicted octanol–water partition coefficient (Wildman–Crippen LogP) is 4.19. The van der Waals surface area contributed by atoms with Crippen LogP contribution in [0.4, 0.5) is 5.69 Å². The van der Waals surface area contributed by atoms with Crippen molar-refractivity contribution in [3.05, 3.63) is 29.8 Å². The molecular formula is C25H37N3O. The number of anilines is 1. The number of rotatable bonds is 5. The Kier molecular flexibility index (Phi) is 5.42. The third-order valence-electron chi connectivity index (χ3n) is 8.23. The number of amides is 1. The molecule has 4 heteroatoms.